The van der Waals surface area contributed by atoms with Crippen molar-refractivity contribution in [1.29, 1.82) is 0 Å². The van der Waals surface area contributed by atoms with Crippen molar-refractivity contribution in [3.63, 3.8) is 0 Å². The predicted octanol–water partition coefficient (Wildman–Crippen LogP) is 4.93. The third-order valence-electron chi connectivity index (χ3n) is 3.78. The van der Waals surface area contributed by atoms with Gasteiger partial charge in [-0.25, -0.2) is 0 Å². The van der Waals surface area contributed by atoms with E-state index < -0.39 is 0 Å². The summed E-state index contributed by atoms with van der Waals surface area (Å²) < 4.78 is 1.15. The van der Waals surface area contributed by atoms with Crippen molar-refractivity contribution >= 4 is 21.6 Å². The van der Waals surface area contributed by atoms with E-state index in [2.05, 4.69) is 96.6 Å². The smallest absolute Gasteiger partial charge is 0.0361 e. The van der Waals surface area contributed by atoms with E-state index in [0.717, 1.165) is 4.47 Å². The van der Waals surface area contributed by atoms with Crippen LogP contribution in [0.15, 0.2) is 53.0 Å². The van der Waals surface area contributed by atoms with Crippen LogP contribution in [-0.2, 0) is 0 Å². The summed E-state index contributed by atoms with van der Waals surface area (Å²) in [6.07, 6.45) is 0. The maximum atomic E-state index is 3.66. The Hall–Kier alpha value is -1.32. The molecule has 3 heteroatoms. The molecule has 0 aromatic heterocycles. The van der Waals surface area contributed by atoms with Gasteiger partial charge in [0.1, 0.15) is 0 Å². The van der Waals surface area contributed by atoms with Gasteiger partial charge < -0.3 is 10.2 Å². The van der Waals surface area contributed by atoms with E-state index in [1.807, 2.05) is 6.07 Å². The minimum atomic E-state index is 0.295. The summed E-state index contributed by atoms with van der Waals surface area (Å²) in [4.78, 5) is 2.12. The van der Waals surface area contributed by atoms with Crippen LogP contribution in [0.25, 0.3) is 0 Å². The molecular weight excluding hydrogens is 324 g/mol. The van der Waals surface area contributed by atoms with Crippen LogP contribution in [0.1, 0.15) is 37.1 Å². The van der Waals surface area contributed by atoms with E-state index in [1.54, 1.807) is 0 Å². The second-order valence-electron chi connectivity index (χ2n) is 5.62. The number of anilines is 1. The largest absolute Gasteiger partial charge is 0.378 e. The fourth-order valence-electron chi connectivity index (χ4n) is 2.45. The van der Waals surface area contributed by atoms with Crippen LogP contribution >= 0.6 is 15.9 Å². The Balaban J connectivity index is 2.07. The lowest BCUT2D eigenvalue weighted by atomic mass is 10.0. The Morgan fingerprint density at radius 2 is 1.52 bits per heavy atom. The molecule has 2 aromatic rings. The average molecular weight is 347 g/mol. The molecule has 2 unspecified atom stereocenters. The highest BCUT2D eigenvalue weighted by atomic mass is 79.9. The molecule has 2 nitrogen and oxygen atoms in total. The van der Waals surface area contributed by atoms with E-state index >= 15 is 0 Å². The molecule has 0 radical (unpaired) electrons. The molecule has 112 valence electrons. The molecule has 0 amide bonds. The van der Waals surface area contributed by atoms with Crippen LogP contribution in [0.5, 0.6) is 0 Å². The normalized spacial score (nSPS) is 13.8. The highest BCUT2D eigenvalue weighted by Gasteiger charge is 2.13. The second-order valence-corrected chi connectivity index (χ2v) is 6.47. The number of hydrogen-bond donors (Lipinski definition) is 1. The van der Waals surface area contributed by atoms with E-state index in [0.29, 0.717) is 12.1 Å². The standard InChI is InChI=1S/C18H23BrN2/c1-13(15-9-11-16(12-10-15)21(3)4)20-14(2)17-7-5-6-8-18(17)19/h5-14,20H,1-4H3. The average Bonchev–Trinajstić information content (AvgIpc) is 2.47. The second kappa shape index (κ2) is 7.10. The van der Waals surface area contributed by atoms with Gasteiger partial charge in [0.05, 0.1) is 0 Å². The summed E-state index contributed by atoms with van der Waals surface area (Å²) >= 11 is 3.62. The van der Waals surface area contributed by atoms with E-state index in [4.69, 9.17) is 0 Å². The first-order valence-corrected chi connectivity index (χ1v) is 8.06. The minimum Gasteiger partial charge on any atom is -0.378 e. The Bertz CT molecular complexity index is 578. The highest BCUT2D eigenvalue weighted by Crippen LogP contribution is 2.26. The van der Waals surface area contributed by atoms with Gasteiger partial charge in [-0.2, -0.15) is 0 Å². The number of rotatable bonds is 5. The van der Waals surface area contributed by atoms with Gasteiger partial charge in [0.15, 0.2) is 0 Å². The molecule has 0 fully saturated rings. The first kappa shape index (κ1) is 16.1. The lowest BCUT2D eigenvalue weighted by Gasteiger charge is -2.22. The Kier molecular flexibility index (Phi) is 5.43. The van der Waals surface area contributed by atoms with Gasteiger partial charge in [-0.15, -0.1) is 0 Å². The molecule has 0 heterocycles. The SMILES string of the molecule is CC(NC(C)c1ccccc1Br)c1ccc(N(C)C)cc1. The predicted molar refractivity (Wildman–Crippen MR) is 94.9 cm³/mol. The lowest BCUT2D eigenvalue weighted by molar-refractivity contribution is 0.493. The molecule has 2 atom stereocenters. The van der Waals surface area contributed by atoms with Gasteiger partial charge in [-0.1, -0.05) is 46.3 Å². The number of halogens is 1. The van der Waals surface area contributed by atoms with Crippen LogP contribution in [0.3, 0.4) is 0 Å². The monoisotopic (exact) mass is 346 g/mol. The molecule has 0 aliphatic rings. The number of benzene rings is 2. The van der Waals surface area contributed by atoms with Gasteiger partial charge in [-0.3, -0.25) is 0 Å². The molecule has 1 N–H and O–H groups in total. The molecule has 21 heavy (non-hydrogen) atoms. The number of hydrogen-bond acceptors (Lipinski definition) is 2. The van der Waals surface area contributed by atoms with Crippen molar-refractivity contribution in [2.75, 3.05) is 19.0 Å². The summed E-state index contributed by atoms with van der Waals surface area (Å²) in [6, 6.07) is 17.7. The third-order valence-corrected chi connectivity index (χ3v) is 4.50. The van der Waals surface area contributed by atoms with E-state index in [1.165, 1.54) is 16.8 Å². The first-order valence-electron chi connectivity index (χ1n) is 7.27. The summed E-state index contributed by atoms with van der Waals surface area (Å²) in [5.41, 5.74) is 3.82. The van der Waals surface area contributed by atoms with Crippen LogP contribution < -0.4 is 10.2 Å². The van der Waals surface area contributed by atoms with Gasteiger partial charge in [0, 0.05) is 36.3 Å². The molecule has 0 aliphatic carbocycles. The van der Waals surface area contributed by atoms with Gasteiger partial charge >= 0.3 is 0 Å². The van der Waals surface area contributed by atoms with Crippen LogP contribution in [0.4, 0.5) is 5.69 Å². The van der Waals surface area contributed by atoms with E-state index in [9.17, 15) is 0 Å². The molecule has 2 aromatic carbocycles. The van der Waals surface area contributed by atoms with Crippen molar-refractivity contribution in [3.05, 3.63) is 64.1 Å². The van der Waals surface area contributed by atoms with E-state index in [-0.39, 0.29) is 0 Å². The number of nitrogens with one attached hydrogen (secondary N) is 1. The fraction of sp³-hybridized carbons (Fsp3) is 0.333. The Morgan fingerprint density at radius 1 is 0.905 bits per heavy atom. The maximum Gasteiger partial charge on any atom is 0.0361 e. The third kappa shape index (κ3) is 4.08. The minimum absolute atomic E-state index is 0.295. The van der Waals surface area contributed by atoms with Gasteiger partial charge in [0.25, 0.3) is 0 Å². The molecule has 0 saturated heterocycles. The van der Waals surface area contributed by atoms with Crippen LogP contribution in [-0.4, -0.2) is 14.1 Å². The zero-order chi connectivity index (χ0) is 15.4. The quantitative estimate of drug-likeness (QED) is 0.825. The van der Waals surface area contributed by atoms with Crippen molar-refractivity contribution in [1.82, 2.24) is 5.32 Å². The molecular formula is C18H23BrN2. The van der Waals surface area contributed by atoms with Crippen molar-refractivity contribution in [3.8, 4) is 0 Å². The zero-order valence-electron chi connectivity index (χ0n) is 13.1. The van der Waals surface area contributed by atoms with Gasteiger partial charge in [-0.05, 0) is 43.2 Å². The topological polar surface area (TPSA) is 15.3 Å². The lowest BCUT2D eigenvalue weighted by Crippen LogP contribution is -2.22. The fourth-order valence-corrected chi connectivity index (χ4v) is 3.08. The van der Waals surface area contributed by atoms with Gasteiger partial charge in [0.2, 0.25) is 0 Å². The van der Waals surface area contributed by atoms with Crippen molar-refractivity contribution < 1.29 is 0 Å². The number of nitrogens with zero attached hydrogens (tertiary/aromatic N) is 1. The summed E-state index contributed by atoms with van der Waals surface area (Å²) in [5.74, 6) is 0. The molecule has 0 bridgehead atoms. The van der Waals surface area contributed by atoms with Crippen LogP contribution in [0.2, 0.25) is 0 Å². The maximum absolute atomic E-state index is 3.66. The Morgan fingerprint density at radius 3 is 2.10 bits per heavy atom. The van der Waals surface area contributed by atoms with Crippen molar-refractivity contribution in [2.24, 2.45) is 0 Å². The Labute approximate surface area is 136 Å². The van der Waals surface area contributed by atoms with Crippen LogP contribution in [0, 0.1) is 0 Å². The highest BCUT2D eigenvalue weighted by molar-refractivity contribution is 9.10. The first-order chi connectivity index (χ1) is 9.99. The zero-order valence-corrected chi connectivity index (χ0v) is 14.7. The molecule has 0 spiro atoms. The molecule has 2 rings (SSSR count). The summed E-state index contributed by atoms with van der Waals surface area (Å²) in [7, 11) is 4.12. The molecule has 0 aliphatic heterocycles. The van der Waals surface area contributed by atoms with Crippen molar-refractivity contribution in [2.45, 2.75) is 25.9 Å². The summed E-state index contributed by atoms with van der Waals surface area (Å²) in [5, 5.41) is 3.66. The summed E-state index contributed by atoms with van der Waals surface area (Å²) in [6.45, 7) is 4.41. The molecule has 0 saturated carbocycles.